The standard InChI is InChI=1S/C19H23N3O3/c1-22-12-15(11-20-22)18(23)21-17(19(24)25-2)10-14-8-5-7-13-6-3-4-9-16(13)14/h3-4,6,9,11-12,14,17H,5,7-8,10H2,1-2H3,(H,21,23). The minimum atomic E-state index is -0.672. The van der Waals surface area contributed by atoms with Gasteiger partial charge in [0.15, 0.2) is 0 Å². The second-order valence-electron chi connectivity index (χ2n) is 6.48. The fourth-order valence-electron chi connectivity index (χ4n) is 3.52. The number of rotatable bonds is 5. The van der Waals surface area contributed by atoms with Crippen LogP contribution in [0.25, 0.3) is 0 Å². The van der Waals surface area contributed by atoms with Crippen molar-refractivity contribution in [1.29, 1.82) is 0 Å². The lowest BCUT2D eigenvalue weighted by Gasteiger charge is -2.28. The van der Waals surface area contributed by atoms with Gasteiger partial charge in [-0.25, -0.2) is 4.79 Å². The van der Waals surface area contributed by atoms with Gasteiger partial charge in [0.25, 0.3) is 5.91 Å². The molecule has 2 atom stereocenters. The number of amides is 1. The summed E-state index contributed by atoms with van der Waals surface area (Å²) in [5, 5.41) is 6.80. The lowest BCUT2D eigenvalue weighted by molar-refractivity contribution is -0.143. The summed E-state index contributed by atoms with van der Waals surface area (Å²) in [5.74, 6) is -0.490. The van der Waals surface area contributed by atoms with Crippen LogP contribution in [0.2, 0.25) is 0 Å². The molecule has 25 heavy (non-hydrogen) atoms. The average Bonchev–Trinajstić information content (AvgIpc) is 3.07. The monoisotopic (exact) mass is 341 g/mol. The highest BCUT2D eigenvalue weighted by molar-refractivity contribution is 5.96. The first-order valence-corrected chi connectivity index (χ1v) is 8.53. The van der Waals surface area contributed by atoms with E-state index in [1.165, 1.54) is 24.4 Å². The van der Waals surface area contributed by atoms with Crippen molar-refractivity contribution < 1.29 is 14.3 Å². The Labute approximate surface area is 147 Å². The van der Waals surface area contributed by atoms with Gasteiger partial charge >= 0.3 is 5.97 Å². The summed E-state index contributed by atoms with van der Waals surface area (Å²) < 4.78 is 6.46. The highest BCUT2D eigenvalue weighted by Gasteiger charge is 2.29. The van der Waals surface area contributed by atoms with Crippen LogP contribution in [0, 0.1) is 0 Å². The van der Waals surface area contributed by atoms with Gasteiger partial charge in [-0.05, 0) is 42.7 Å². The van der Waals surface area contributed by atoms with E-state index < -0.39 is 12.0 Å². The minimum Gasteiger partial charge on any atom is -0.467 e. The molecule has 132 valence electrons. The Kier molecular flexibility index (Phi) is 5.16. The summed E-state index contributed by atoms with van der Waals surface area (Å²) in [5.41, 5.74) is 3.04. The van der Waals surface area contributed by atoms with Crippen LogP contribution in [0.1, 0.15) is 46.7 Å². The van der Waals surface area contributed by atoms with Crippen LogP contribution in [0.5, 0.6) is 0 Å². The first-order valence-electron chi connectivity index (χ1n) is 8.53. The van der Waals surface area contributed by atoms with Gasteiger partial charge in [0.1, 0.15) is 6.04 Å². The van der Waals surface area contributed by atoms with Crippen molar-refractivity contribution >= 4 is 11.9 Å². The quantitative estimate of drug-likeness (QED) is 0.846. The minimum absolute atomic E-state index is 0.239. The Morgan fingerprint density at radius 1 is 1.40 bits per heavy atom. The lowest BCUT2D eigenvalue weighted by Crippen LogP contribution is -2.42. The largest absolute Gasteiger partial charge is 0.467 e. The maximum atomic E-state index is 12.4. The van der Waals surface area contributed by atoms with E-state index in [9.17, 15) is 9.59 Å². The van der Waals surface area contributed by atoms with E-state index in [2.05, 4.69) is 22.5 Å². The zero-order valence-electron chi connectivity index (χ0n) is 14.6. The maximum Gasteiger partial charge on any atom is 0.328 e. The second kappa shape index (κ2) is 7.51. The molecule has 1 aromatic carbocycles. The number of carbonyl (C=O) groups excluding carboxylic acids is 2. The van der Waals surface area contributed by atoms with E-state index in [-0.39, 0.29) is 11.8 Å². The molecule has 0 radical (unpaired) electrons. The van der Waals surface area contributed by atoms with E-state index in [4.69, 9.17) is 4.74 Å². The number of benzene rings is 1. The summed E-state index contributed by atoms with van der Waals surface area (Å²) in [6.07, 6.45) is 6.81. The number of carbonyl (C=O) groups is 2. The fraction of sp³-hybridized carbons (Fsp3) is 0.421. The molecule has 0 aliphatic heterocycles. The van der Waals surface area contributed by atoms with Gasteiger partial charge < -0.3 is 10.1 Å². The molecule has 0 bridgehead atoms. The highest BCUT2D eigenvalue weighted by Crippen LogP contribution is 2.34. The van der Waals surface area contributed by atoms with Crippen LogP contribution in [-0.4, -0.2) is 34.8 Å². The van der Waals surface area contributed by atoms with Gasteiger partial charge in [-0.1, -0.05) is 24.3 Å². The third-order valence-electron chi connectivity index (χ3n) is 4.77. The SMILES string of the molecule is COC(=O)C(CC1CCCc2ccccc21)NC(=O)c1cnn(C)c1. The number of fused-ring (bicyclic) bond motifs is 1. The van der Waals surface area contributed by atoms with Gasteiger partial charge in [0.2, 0.25) is 0 Å². The number of aryl methyl sites for hydroxylation is 2. The Balaban J connectivity index is 1.76. The molecule has 0 saturated heterocycles. The van der Waals surface area contributed by atoms with Crippen molar-refractivity contribution in [2.75, 3.05) is 7.11 Å². The topological polar surface area (TPSA) is 73.2 Å². The first-order chi connectivity index (χ1) is 12.1. The predicted molar refractivity (Wildman–Crippen MR) is 93.2 cm³/mol. The number of hydrogen-bond acceptors (Lipinski definition) is 4. The number of nitrogens with zero attached hydrogens (tertiary/aromatic N) is 2. The van der Waals surface area contributed by atoms with Crippen molar-refractivity contribution in [2.24, 2.45) is 7.05 Å². The molecule has 3 rings (SSSR count). The van der Waals surface area contributed by atoms with Crippen LogP contribution >= 0.6 is 0 Å². The normalized spacial score (nSPS) is 17.4. The first kappa shape index (κ1) is 17.2. The van der Waals surface area contributed by atoms with E-state index in [0.29, 0.717) is 12.0 Å². The van der Waals surface area contributed by atoms with Crippen LogP contribution < -0.4 is 5.32 Å². The number of ether oxygens (including phenoxy) is 1. The molecule has 6 heteroatoms. The van der Waals surface area contributed by atoms with Crippen molar-refractivity contribution in [2.45, 2.75) is 37.6 Å². The predicted octanol–water partition coefficient (Wildman–Crippen LogP) is 2.20. The smallest absolute Gasteiger partial charge is 0.328 e. The molecule has 1 aliphatic rings. The fourth-order valence-corrected chi connectivity index (χ4v) is 3.52. The van der Waals surface area contributed by atoms with E-state index in [1.54, 1.807) is 17.9 Å². The molecule has 2 unspecified atom stereocenters. The molecule has 6 nitrogen and oxygen atoms in total. The summed E-state index contributed by atoms with van der Waals surface area (Å²) in [7, 11) is 3.09. The van der Waals surface area contributed by atoms with Crippen LogP contribution in [0.4, 0.5) is 0 Å². The molecule has 1 N–H and O–H groups in total. The third kappa shape index (κ3) is 3.90. The van der Waals surface area contributed by atoms with E-state index in [1.807, 2.05) is 12.1 Å². The molecule has 2 aromatic rings. The van der Waals surface area contributed by atoms with Gasteiger partial charge in [-0.3, -0.25) is 9.48 Å². The maximum absolute atomic E-state index is 12.4. The molecular weight excluding hydrogens is 318 g/mol. The zero-order valence-corrected chi connectivity index (χ0v) is 14.6. The van der Waals surface area contributed by atoms with Crippen molar-refractivity contribution in [3.63, 3.8) is 0 Å². The molecular formula is C19H23N3O3. The van der Waals surface area contributed by atoms with Crippen molar-refractivity contribution in [3.8, 4) is 0 Å². The van der Waals surface area contributed by atoms with Gasteiger partial charge in [0, 0.05) is 13.2 Å². The Morgan fingerprint density at radius 2 is 2.20 bits per heavy atom. The number of aromatic nitrogens is 2. The van der Waals surface area contributed by atoms with Crippen molar-refractivity contribution in [3.05, 3.63) is 53.3 Å². The van der Waals surface area contributed by atoms with Crippen LogP contribution in [0.15, 0.2) is 36.7 Å². The summed E-state index contributed by atoms with van der Waals surface area (Å²) >= 11 is 0. The van der Waals surface area contributed by atoms with Gasteiger partial charge in [-0.15, -0.1) is 0 Å². The molecule has 1 heterocycles. The summed E-state index contributed by atoms with van der Waals surface area (Å²) in [4.78, 5) is 24.6. The highest BCUT2D eigenvalue weighted by atomic mass is 16.5. The molecule has 1 aromatic heterocycles. The number of esters is 1. The lowest BCUT2D eigenvalue weighted by atomic mass is 9.79. The molecule has 1 amide bonds. The number of nitrogens with one attached hydrogen (secondary N) is 1. The van der Waals surface area contributed by atoms with Gasteiger partial charge in [0.05, 0.1) is 18.9 Å². The molecule has 1 aliphatic carbocycles. The number of methoxy groups -OCH3 is 1. The molecule has 0 spiro atoms. The van der Waals surface area contributed by atoms with Crippen LogP contribution in [0.3, 0.4) is 0 Å². The summed E-state index contributed by atoms with van der Waals surface area (Å²) in [6.45, 7) is 0. The Bertz CT molecular complexity index is 769. The molecule has 0 fully saturated rings. The van der Waals surface area contributed by atoms with Gasteiger partial charge in [-0.2, -0.15) is 5.10 Å². The summed E-state index contributed by atoms with van der Waals surface area (Å²) in [6, 6.07) is 7.66. The second-order valence-corrected chi connectivity index (χ2v) is 6.48. The van der Waals surface area contributed by atoms with E-state index >= 15 is 0 Å². The van der Waals surface area contributed by atoms with Crippen molar-refractivity contribution in [1.82, 2.24) is 15.1 Å². The average molecular weight is 341 g/mol. The Hall–Kier alpha value is -2.63. The number of hydrogen-bond donors (Lipinski definition) is 1. The van der Waals surface area contributed by atoms with E-state index in [0.717, 1.165) is 19.3 Å². The zero-order chi connectivity index (χ0) is 17.8. The molecule has 0 saturated carbocycles. The third-order valence-corrected chi connectivity index (χ3v) is 4.77. The Morgan fingerprint density at radius 3 is 2.92 bits per heavy atom. The van der Waals surface area contributed by atoms with Crippen LogP contribution in [-0.2, 0) is 23.0 Å².